The third-order valence-electron chi connectivity index (χ3n) is 2.54. The van der Waals surface area contributed by atoms with Gasteiger partial charge in [0.1, 0.15) is 5.60 Å². The lowest BCUT2D eigenvalue weighted by Gasteiger charge is -2.24. The molecule has 1 N–H and O–H groups in total. The second-order valence-corrected chi connectivity index (χ2v) is 5.43. The van der Waals surface area contributed by atoms with Crippen LogP contribution in [0.5, 0.6) is 0 Å². The van der Waals surface area contributed by atoms with Crippen molar-refractivity contribution in [1.29, 1.82) is 0 Å². The Morgan fingerprint density at radius 1 is 1.21 bits per heavy atom. The van der Waals surface area contributed by atoms with Gasteiger partial charge in [-0.2, -0.15) is 0 Å². The quantitative estimate of drug-likeness (QED) is 0.830. The molecule has 0 amide bonds. The predicted octanol–water partition coefficient (Wildman–Crippen LogP) is 2.98. The molecule has 0 radical (unpaired) electrons. The summed E-state index contributed by atoms with van der Waals surface area (Å²) < 4.78 is 5.35. The van der Waals surface area contributed by atoms with Crippen molar-refractivity contribution in [3.8, 4) is 0 Å². The van der Waals surface area contributed by atoms with E-state index in [0.717, 1.165) is 5.56 Å². The van der Waals surface area contributed by atoms with E-state index in [9.17, 15) is 9.59 Å². The van der Waals surface area contributed by atoms with Crippen molar-refractivity contribution < 1.29 is 19.4 Å². The number of carboxylic acids is 1. The zero-order valence-electron chi connectivity index (χ0n) is 11.6. The molecule has 1 aromatic carbocycles. The maximum Gasteiger partial charge on any atom is 0.313 e. The van der Waals surface area contributed by atoms with E-state index in [4.69, 9.17) is 9.84 Å². The molecule has 0 spiro atoms. The smallest absolute Gasteiger partial charge is 0.313 e. The number of carbonyl (C=O) groups excluding carboxylic acids is 1. The van der Waals surface area contributed by atoms with Crippen molar-refractivity contribution in [2.24, 2.45) is 0 Å². The molecular formula is C15H20O4. The van der Waals surface area contributed by atoms with Gasteiger partial charge in [-0.15, -0.1) is 0 Å². The first-order valence-electron chi connectivity index (χ1n) is 6.29. The lowest BCUT2D eigenvalue weighted by molar-refractivity contribution is -0.157. The third-order valence-corrected chi connectivity index (χ3v) is 2.54. The van der Waals surface area contributed by atoms with Gasteiger partial charge in [-0.05, 0) is 32.8 Å². The Bertz CT molecular complexity index is 431. The largest absolute Gasteiger partial charge is 0.481 e. The molecule has 0 heterocycles. The van der Waals surface area contributed by atoms with Gasteiger partial charge in [0.15, 0.2) is 0 Å². The topological polar surface area (TPSA) is 63.6 Å². The van der Waals surface area contributed by atoms with Gasteiger partial charge < -0.3 is 9.84 Å². The second kappa shape index (κ2) is 6.36. The average molecular weight is 264 g/mol. The summed E-state index contributed by atoms with van der Waals surface area (Å²) in [6.07, 6.45) is 0.188. The summed E-state index contributed by atoms with van der Waals surface area (Å²) in [5.74, 6) is -1.82. The Balaban J connectivity index is 2.86. The Labute approximate surface area is 113 Å². The lowest BCUT2D eigenvalue weighted by Crippen LogP contribution is -2.28. The minimum Gasteiger partial charge on any atom is -0.481 e. The minimum atomic E-state index is -0.913. The minimum absolute atomic E-state index is 0.0567. The fourth-order valence-electron chi connectivity index (χ4n) is 1.75. The fraction of sp³-hybridized carbons (Fsp3) is 0.467. The first-order chi connectivity index (χ1) is 8.79. The van der Waals surface area contributed by atoms with Crippen molar-refractivity contribution in [3.05, 3.63) is 35.9 Å². The van der Waals surface area contributed by atoms with Crippen molar-refractivity contribution in [3.63, 3.8) is 0 Å². The number of aliphatic carboxylic acids is 1. The van der Waals surface area contributed by atoms with E-state index >= 15 is 0 Å². The standard InChI is InChI=1S/C15H20O4/c1-15(2,3)19-14(18)12(9-10-13(16)17)11-7-5-4-6-8-11/h4-8,12H,9-10H2,1-3H3,(H,16,17)/t12-/m0/s1. The van der Waals surface area contributed by atoms with Gasteiger partial charge in [0.25, 0.3) is 0 Å². The van der Waals surface area contributed by atoms with Crippen LogP contribution >= 0.6 is 0 Å². The van der Waals surface area contributed by atoms with Gasteiger partial charge in [-0.25, -0.2) is 0 Å². The Morgan fingerprint density at radius 3 is 2.26 bits per heavy atom. The average Bonchev–Trinajstić information content (AvgIpc) is 2.27. The number of carboxylic acid groups (broad SMARTS) is 1. The zero-order valence-corrected chi connectivity index (χ0v) is 11.6. The van der Waals surface area contributed by atoms with Gasteiger partial charge in [-0.1, -0.05) is 30.3 Å². The SMILES string of the molecule is CC(C)(C)OC(=O)[C@@H](CCC(=O)O)c1ccccc1. The molecule has 0 fully saturated rings. The number of benzene rings is 1. The summed E-state index contributed by atoms with van der Waals surface area (Å²) in [6.45, 7) is 5.39. The molecule has 0 saturated carbocycles. The maximum absolute atomic E-state index is 12.2. The molecule has 0 bridgehead atoms. The van der Waals surface area contributed by atoms with Crippen LogP contribution in [0.3, 0.4) is 0 Å². The predicted molar refractivity (Wildman–Crippen MR) is 71.9 cm³/mol. The Hall–Kier alpha value is -1.84. The second-order valence-electron chi connectivity index (χ2n) is 5.43. The van der Waals surface area contributed by atoms with E-state index in [2.05, 4.69) is 0 Å². The number of hydrogen-bond acceptors (Lipinski definition) is 3. The molecule has 1 atom stereocenters. The van der Waals surface area contributed by atoms with Crippen LogP contribution in [0.4, 0.5) is 0 Å². The van der Waals surface area contributed by atoms with E-state index < -0.39 is 17.5 Å². The highest BCUT2D eigenvalue weighted by Crippen LogP contribution is 2.25. The molecule has 0 aliphatic rings. The monoisotopic (exact) mass is 264 g/mol. The maximum atomic E-state index is 12.2. The van der Waals surface area contributed by atoms with Crippen LogP contribution in [0, 0.1) is 0 Å². The van der Waals surface area contributed by atoms with Gasteiger partial charge in [0.05, 0.1) is 5.92 Å². The first kappa shape index (κ1) is 15.2. The number of hydrogen-bond donors (Lipinski definition) is 1. The molecule has 0 aliphatic carbocycles. The van der Waals surface area contributed by atoms with Crippen molar-refractivity contribution >= 4 is 11.9 Å². The Morgan fingerprint density at radius 2 is 1.79 bits per heavy atom. The molecule has 0 aromatic heterocycles. The van der Waals surface area contributed by atoms with Crippen LogP contribution < -0.4 is 0 Å². The van der Waals surface area contributed by atoms with Crippen molar-refractivity contribution in [2.45, 2.75) is 45.1 Å². The molecular weight excluding hydrogens is 244 g/mol. The molecule has 1 rings (SSSR count). The van der Waals surface area contributed by atoms with E-state index in [1.54, 1.807) is 20.8 Å². The Kier molecular flexibility index (Phi) is 5.10. The number of rotatable bonds is 5. The zero-order chi connectivity index (χ0) is 14.5. The van der Waals surface area contributed by atoms with Crippen LogP contribution in [-0.2, 0) is 14.3 Å². The van der Waals surface area contributed by atoms with Crippen molar-refractivity contribution in [1.82, 2.24) is 0 Å². The lowest BCUT2D eigenvalue weighted by atomic mass is 9.94. The van der Waals surface area contributed by atoms with Crippen LogP contribution in [0.2, 0.25) is 0 Å². The normalized spacial score (nSPS) is 12.8. The molecule has 104 valence electrons. The molecule has 4 nitrogen and oxygen atoms in total. The van der Waals surface area contributed by atoms with E-state index in [1.165, 1.54) is 0 Å². The summed E-state index contributed by atoms with van der Waals surface area (Å²) in [6, 6.07) is 9.14. The van der Waals surface area contributed by atoms with Gasteiger partial charge in [0.2, 0.25) is 0 Å². The highest BCUT2D eigenvalue weighted by atomic mass is 16.6. The summed E-state index contributed by atoms with van der Waals surface area (Å²) in [5.41, 5.74) is 0.214. The number of ether oxygens (including phenoxy) is 1. The summed E-state index contributed by atoms with van der Waals surface area (Å²) in [5, 5.41) is 8.77. The molecule has 0 saturated heterocycles. The third kappa shape index (κ3) is 5.55. The van der Waals surface area contributed by atoms with Gasteiger partial charge in [0, 0.05) is 6.42 Å². The number of carbonyl (C=O) groups is 2. The van der Waals surface area contributed by atoms with Crippen LogP contribution in [0.15, 0.2) is 30.3 Å². The fourth-order valence-corrected chi connectivity index (χ4v) is 1.75. The van der Waals surface area contributed by atoms with E-state index in [1.807, 2.05) is 30.3 Å². The van der Waals surface area contributed by atoms with Gasteiger partial charge in [-0.3, -0.25) is 9.59 Å². The van der Waals surface area contributed by atoms with Crippen LogP contribution in [0.1, 0.15) is 45.1 Å². The van der Waals surface area contributed by atoms with Crippen molar-refractivity contribution in [2.75, 3.05) is 0 Å². The molecule has 0 unspecified atom stereocenters. The highest BCUT2D eigenvalue weighted by molar-refractivity contribution is 5.79. The first-order valence-corrected chi connectivity index (χ1v) is 6.29. The van der Waals surface area contributed by atoms with Crippen LogP contribution in [0.25, 0.3) is 0 Å². The molecule has 0 aliphatic heterocycles. The summed E-state index contributed by atoms with van der Waals surface area (Å²) in [7, 11) is 0. The van der Waals surface area contributed by atoms with E-state index in [-0.39, 0.29) is 18.8 Å². The molecule has 19 heavy (non-hydrogen) atoms. The molecule has 4 heteroatoms. The summed E-state index contributed by atoms with van der Waals surface area (Å²) in [4.78, 5) is 22.8. The summed E-state index contributed by atoms with van der Waals surface area (Å²) >= 11 is 0. The number of esters is 1. The van der Waals surface area contributed by atoms with Crippen LogP contribution in [-0.4, -0.2) is 22.6 Å². The van der Waals surface area contributed by atoms with Gasteiger partial charge >= 0.3 is 11.9 Å². The highest BCUT2D eigenvalue weighted by Gasteiger charge is 2.26. The molecule has 1 aromatic rings. The van der Waals surface area contributed by atoms with E-state index in [0.29, 0.717) is 0 Å².